The number of carbonyl (C=O) groups excluding carboxylic acids is 1. The Hall–Kier alpha value is -2.86. The summed E-state index contributed by atoms with van der Waals surface area (Å²) in [4.78, 5) is 12.4. The van der Waals surface area contributed by atoms with E-state index >= 15 is 0 Å². The standard InChI is InChI=1S/C22H24N4OS/c1-5-12-26-21(18-9-7-6-8-16(18)3)24-25-22(26)28-14-20(27)23-19-13-15(2)10-11-17(19)4/h5-11,13H,1,12,14H2,2-4H3,(H,23,27). The summed E-state index contributed by atoms with van der Waals surface area (Å²) in [6.45, 7) is 10.5. The number of aromatic nitrogens is 3. The first kappa shape index (κ1) is 19.9. The lowest BCUT2D eigenvalue weighted by Gasteiger charge is -2.11. The molecule has 0 aliphatic carbocycles. The van der Waals surface area contributed by atoms with E-state index in [1.807, 2.05) is 73.9 Å². The molecular formula is C22H24N4OS. The Morgan fingerprint density at radius 1 is 1.14 bits per heavy atom. The predicted octanol–water partition coefficient (Wildman–Crippen LogP) is 4.79. The van der Waals surface area contributed by atoms with Crippen LogP contribution in [-0.2, 0) is 11.3 Å². The molecule has 0 spiro atoms. The van der Waals surface area contributed by atoms with E-state index in [0.29, 0.717) is 11.7 Å². The number of hydrogen-bond donors (Lipinski definition) is 1. The fourth-order valence-electron chi connectivity index (χ4n) is 2.90. The Labute approximate surface area is 169 Å². The summed E-state index contributed by atoms with van der Waals surface area (Å²) >= 11 is 1.38. The summed E-state index contributed by atoms with van der Waals surface area (Å²) in [5.41, 5.74) is 5.16. The van der Waals surface area contributed by atoms with Gasteiger partial charge in [-0.25, -0.2) is 0 Å². The molecule has 0 aliphatic rings. The van der Waals surface area contributed by atoms with E-state index < -0.39 is 0 Å². The smallest absolute Gasteiger partial charge is 0.234 e. The van der Waals surface area contributed by atoms with Crippen molar-refractivity contribution in [2.75, 3.05) is 11.1 Å². The number of aryl methyl sites for hydroxylation is 3. The summed E-state index contributed by atoms with van der Waals surface area (Å²) in [6, 6.07) is 14.1. The highest BCUT2D eigenvalue weighted by molar-refractivity contribution is 7.99. The van der Waals surface area contributed by atoms with Gasteiger partial charge < -0.3 is 5.32 Å². The molecule has 0 aliphatic heterocycles. The second kappa shape index (κ2) is 8.89. The van der Waals surface area contributed by atoms with Crippen molar-refractivity contribution >= 4 is 23.4 Å². The van der Waals surface area contributed by atoms with Crippen molar-refractivity contribution in [3.8, 4) is 11.4 Å². The minimum atomic E-state index is -0.0655. The molecule has 1 heterocycles. The van der Waals surface area contributed by atoms with Crippen molar-refractivity contribution in [3.05, 3.63) is 71.8 Å². The maximum absolute atomic E-state index is 12.4. The van der Waals surface area contributed by atoms with E-state index in [2.05, 4.69) is 22.1 Å². The van der Waals surface area contributed by atoms with E-state index in [0.717, 1.165) is 33.8 Å². The number of carbonyl (C=O) groups is 1. The molecule has 0 saturated heterocycles. The normalized spacial score (nSPS) is 10.7. The average Bonchev–Trinajstić information content (AvgIpc) is 3.06. The lowest BCUT2D eigenvalue weighted by Crippen LogP contribution is -2.15. The third kappa shape index (κ3) is 4.51. The maximum Gasteiger partial charge on any atom is 0.234 e. The number of allylic oxidation sites excluding steroid dienone is 1. The second-order valence-corrected chi connectivity index (χ2v) is 7.62. The minimum Gasteiger partial charge on any atom is -0.325 e. The van der Waals surface area contributed by atoms with Gasteiger partial charge in [0.25, 0.3) is 0 Å². The summed E-state index contributed by atoms with van der Waals surface area (Å²) in [5.74, 6) is 0.982. The topological polar surface area (TPSA) is 59.8 Å². The van der Waals surface area contributed by atoms with Crippen LogP contribution in [0.2, 0.25) is 0 Å². The molecule has 0 unspecified atom stereocenters. The number of thioether (sulfide) groups is 1. The van der Waals surface area contributed by atoms with Gasteiger partial charge in [-0.2, -0.15) is 0 Å². The van der Waals surface area contributed by atoms with Gasteiger partial charge in [0.1, 0.15) is 0 Å². The number of benzene rings is 2. The van der Waals surface area contributed by atoms with Gasteiger partial charge >= 0.3 is 0 Å². The first-order valence-electron chi connectivity index (χ1n) is 9.09. The van der Waals surface area contributed by atoms with Crippen molar-refractivity contribution < 1.29 is 4.79 Å². The predicted molar refractivity (Wildman–Crippen MR) is 116 cm³/mol. The van der Waals surface area contributed by atoms with Crippen molar-refractivity contribution in [3.63, 3.8) is 0 Å². The molecule has 3 rings (SSSR count). The zero-order valence-electron chi connectivity index (χ0n) is 16.4. The molecule has 6 heteroatoms. The van der Waals surface area contributed by atoms with Crippen LogP contribution in [0.3, 0.4) is 0 Å². The van der Waals surface area contributed by atoms with Crippen LogP contribution in [0.4, 0.5) is 5.69 Å². The Kier molecular flexibility index (Phi) is 6.31. The summed E-state index contributed by atoms with van der Waals surface area (Å²) in [6.07, 6.45) is 1.81. The second-order valence-electron chi connectivity index (χ2n) is 6.68. The molecule has 0 bridgehead atoms. The molecule has 0 atom stereocenters. The third-order valence-corrected chi connectivity index (χ3v) is 5.38. The van der Waals surface area contributed by atoms with Crippen LogP contribution in [0.15, 0.2) is 60.3 Å². The van der Waals surface area contributed by atoms with Gasteiger partial charge in [-0.1, -0.05) is 54.2 Å². The molecule has 0 radical (unpaired) electrons. The molecule has 0 saturated carbocycles. The van der Waals surface area contributed by atoms with Crippen LogP contribution in [0, 0.1) is 20.8 Å². The Bertz CT molecular complexity index is 1010. The lowest BCUT2D eigenvalue weighted by atomic mass is 10.1. The zero-order chi connectivity index (χ0) is 20.1. The molecule has 0 fully saturated rings. The van der Waals surface area contributed by atoms with E-state index in [-0.39, 0.29) is 11.7 Å². The molecule has 2 aromatic carbocycles. The summed E-state index contributed by atoms with van der Waals surface area (Å²) in [7, 11) is 0. The maximum atomic E-state index is 12.4. The average molecular weight is 393 g/mol. The molecule has 28 heavy (non-hydrogen) atoms. The van der Waals surface area contributed by atoms with Crippen LogP contribution in [-0.4, -0.2) is 26.4 Å². The van der Waals surface area contributed by atoms with Gasteiger partial charge in [0.2, 0.25) is 5.91 Å². The van der Waals surface area contributed by atoms with Gasteiger partial charge in [0, 0.05) is 17.8 Å². The Balaban J connectivity index is 1.75. The van der Waals surface area contributed by atoms with Gasteiger partial charge in [-0.05, 0) is 43.5 Å². The number of rotatable bonds is 7. The molecule has 144 valence electrons. The van der Waals surface area contributed by atoms with E-state index in [1.165, 1.54) is 11.8 Å². The van der Waals surface area contributed by atoms with Gasteiger partial charge in [0.05, 0.1) is 5.75 Å². The van der Waals surface area contributed by atoms with Crippen molar-refractivity contribution in [2.24, 2.45) is 0 Å². The third-order valence-electron chi connectivity index (χ3n) is 4.41. The molecule has 1 aromatic heterocycles. The van der Waals surface area contributed by atoms with E-state index in [4.69, 9.17) is 0 Å². The zero-order valence-corrected chi connectivity index (χ0v) is 17.2. The van der Waals surface area contributed by atoms with Crippen molar-refractivity contribution in [1.29, 1.82) is 0 Å². The highest BCUT2D eigenvalue weighted by Crippen LogP contribution is 2.26. The van der Waals surface area contributed by atoms with Gasteiger partial charge in [-0.3, -0.25) is 9.36 Å². The first-order valence-corrected chi connectivity index (χ1v) is 10.1. The minimum absolute atomic E-state index is 0.0655. The van der Waals surface area contributed by atoms with Crippen molar-refractivity contribution in [2.45, 2.75) is 32.5 Å². The number of anilines is 1. The summed E-state index contributed by atoms with van der Waals surface area (Å²) < 4.78 is 1.99. The Morgan fingerprint density at radius 2 is 1.93 bits per heavy atom. The highest BCUT2D eigenvalue weighted by atomic mass is 32.2. The fourth-order valence-corrected chi connectivity index (χ4v) is 3.65. The summed E-state index contributed by atoms with van der Waals surface area (Å²) in [5, 5.41) is 12.4. The van der Waals surface area contributed by atoms with Crippen LogP contribution < -0.4 is 5.32 Å². The lowest BCUT2D eigenvalue weighted by molar-refractivity contribution is -0.113. The largest absolute Gasteiger partial charge is 0.325 e. The molecule has 5 nitrogen and oxygen atoms in total. The van der Waals surface area contributed by atoms with Crippen LogP contribution in [0.5, 0.6) is 0 Å². The van der Waals surface area contributed by atoms with E-state index in [1.54, 1.807) is 0 Å². The van der Waals surface area contributed by atoms with Crippen LogP contribution >= 0.6 is 11.8 Å². The van der Waals surface area contributed by atoms with E-state index in [9.17, 15) is 4.79 Å². The van der Waals surface area contributed by atoms with Gasteiger partial charge in [0.15, 0.2) is 11.0 Å². The first-order chi connectivity index (χ1) is 13.5. The molecular weight excluding hydrogens is 368 g/mol. The SMILES string of the molecule is C=CCn1c(SCC(=O)Nc2cc(C)ccc2C)nnc1-c1ccccc1C. The fraction of sp³-hybridized carbons (Fsp3) is 0.227. The number of amides is 1. The Morgan fingerprint density at radius 3 is 2.68 bits per heavy atom. The highest BCUT2D eigenvalue weighted by Gasteiger charge is 2.16. The molecule has 1 amide bonds. The number of nitrogens with zero attached hydrogens (tertiary/aromatic N) is 3. The van der Waals surface area contributed by atoms with Gasteiger partial charge in [-0.15, -0.1) is 16.8 Å². The quantitative estimate of drug-likeness (QED) is 0.464. The number of hydrogen-bond acceptors (Lipinski definition) is 4. The van der Waals surface area contributed by atoms with Crippen molar-refractivity contribution in [1.82, 2.24) is 14.8 Å². The number of nitrogens with one attached hydrogen (secondary N) is 1. The monoisotopic (exact) mass is 392 g/mol. The molecule has 1 N–H and O–H groups in total. The van der Waals surface area contributed by atoms with Crippen LogP contribution in [0.1, 0.15) is 16.7 Å². The van der Waals surface area contributed by atoms with Crippen LogP contribution in [0.25, 0.3) is 11.4 Å². The molecule has 3 aromatic rings.